The minimum absolute atomic E-state index is 0.138. The zero-order chi connectivity index (χ0) is 14.8. The average molecular weight is 286 g/mol. The zero-order valence-electron chi connectivity index (χ0n) is 11.7. The Balaban J connectivity index is 1.95. The van der Waals surface area contributed by atoms with Gasteiger partial charge < -0.3 is 4.52 Å². The van der Waals surface area contributed by atoms with E-state index in [0.717, 1.165) is 5.56 Å². The Kier molecular flexibility index (Phi) is 3.39. The Morgan fingerprint density at radius 3 is 2.57 bits per heavy atom. The fourth-order valence-electron chi connectivity index (χ4n) is 1.91. The molecule has 7 heteroatoms. The highest BCUT2D eigenvalue weighted by Crippen LogP contribution is 2.16. The number of rotatable bonds is 4. The molecule has 2 heterocycles. The second kappa shape index (κ2) is 5.35. The molecule has 3 rings (SSSR count). The molecule has 0 saturated carbocycles. The lowest BCUT2D eigenvalue weighted by atomic mass is 10.2. The summed E-state index contributed by atoms with van der Waals surface area (Å²) in [7, 11) is 0. The maximum Gasteiger partial charge on any atom is 0.442 e. The Labute approximate surface area is 120 Å². The molecule has 0 radical (unpaired) electrons. The lowest BCUT2D eigenvalue weighted by Crippen LogP contribution is -2.17. The Morgan fingerprint density at radius 1 is 1.14 bits per heavy atom. The van der Waals surface area contributed by atoms with Gasteiger partial charge in [-0.2, -0.15) is 4.98 Å². The highest BCUT2D eigenvalue weighted by molar-refractivity contribution is 5.54. The first kappa shape index (κ1) is 13.3. The summed E-state index contributed by atoms with van der Waals surface area (Å²) in [6, 6.07) is 9.32. The third-order valence-electron chi connectivity index (χ3n) is 3.00. The molecule has 0 aliphatic heterocycles. The molecule has 0 bridgehead atoms. The Bertz CT molecular complexity index is 786. The van der Waals surface area contributed by atoms with Gasteiger partial charge in [0.15, 0.2) is 11.6 Å². The molecule has 3 aromatic rings. The van der Waals surface area contributed by atoms with E-state index in [-0.39, 0.29) is 12.5 Å². The van der Waals surface area contributed by atoms with Crippen molar-refractivity contribution in [2.45, 2.75) is 26.3 Å². The van der Waals surface area contributed by atoms with Crippen LogP contribution in [0, 0.1) is 0 Å². The highest BCUT2D eigenvalue weighted by Gasteiger charge is 2.16. The van der Waals surface area contributed by atoms with Gasteiger partial charge in [0.25, 0.3) is 0 Å². The van der Waals surface area contributed by atoms with Crippen LogP contribution in [-0.4, -0.2) is 19.9 Å². The van der Waals surface area contributed by atoms with E-state index in [2.05, 4.69) is 15.3 Å². The van der Waals surface area contributed by atoms with Gasteiger partial charge in [-0.05, 0) is 0 Å². The molecule has 1 aromatic carbocycles. The minimum atomic E-state index is -0.551. The van der Waals surface area contributed by atoms with E-state index in [4.69, 9.17) is 9.05 Å². The molecule has 108 valence electrons. The van der Waals surface area contributed by atoms with Crippen molar-refractivity contribution in [1.29, 1.82) is 0 Å². The third-order valence-corrected chi connectivity index (χ3v) is 3.00. The Hall–Kier alpha value is -2.70. The molecule has 0 atom stereocenters. The molecule has 0 fully saturated rings. The normalized spacial score (nSPS) is 11.2. The topological polar surface area (TPSA) is 87.0 Å². The first-order valence-electron chi connectivity index (χ1n) is 6.59. The first-order chi connectivity index (χ1) is 10.1. The van der Waals surface area contributed by atoms with Gasteiger partial charge in [-0.3, -0.25) is 4.52 Å². The number of aromatic nitrogens is 4. The summed E-state index contributed by atoms with van der Waals surface area (Å²) in [5.74, 6) is 0.984. The van der Waals surface area contributed by atoms with Gasteiger partial charge in [0.05, 0.1) is 6.54 Å². The summed E-state index contributed by atoms with van der Waals surface area (Å²) in [6.07, 6.45) is 0. The standard InChI is InChI=1S/C14H14N4O3/c1-9(2)13-15-11(16-20-13)8-18-12(17-21-14(18)19)10-6-4-3-5-7-10/h3-7,9H,8H2,1-2H3. The van der Waals surface area contributed by atoms with Crippen LogP contribution in [0.5, 0.6) is 0 Å². The van der Waals surface area contributed by atoms with Crippen molar-refractivity contribution in [2.75, 3.05) is 0 Å². The van der Waals surface area contributed by atoms with Crippen molar-refractivity contribution in [3.63, 3.8) is 0 Å². The highest BCUT2D eigenvalue weighted by atomic mass is 16.5. The maximum atomic E-state index is 11.8. The van der Waals surface area contributed by atoms with E-state index in [1.54, 1.807) is 0 Å². The number of hydrogen-bond acceptors (Lipinski definition) is 6. The number of hydrogen-bond donors (Lipinski definition) is 0. The molecule has 0 saturated heterocycles. The van der Waals surface area contributed by atoms with Crippen molar-refractivity contribution < 1.29 is 9.05 Å². The first-order valence-corrected chi connectivity index (χ1v) is 6.59. The summed E-state index contributed by atoms with van der Waals surface area (Å²) < 4.78 is 11.3. The quantitative estimate of drug-likeness (QED) is 0.729. The van der Waals surface area contributed by atoms with Gasteiger partial charge in [-0.15, -0.1) is 0 Å². The van der Waals surface area contributed by atoms with Crippen LogP contribution in [0.1, 0.15) is 31.5 Å². The Morgan fingerprint density at radius 2 is 1.90 bits per heavy atom. The van der Waals surface area contributed by atoms with Crippen molar-refractivity contribution in [2.24, 2.45) is 0 Å². The monoisotopic (exact) mass is 286 g/mol. The van der Waals surface area contributed by atoms with E-state index in [0.29, 0.717) is 17.5 Å². The number of nitrogens with zero attached hydrogens (tertiary/aromatic N) is 4. The molecular formula is C14H14N4O3. The van der Waals surface area contributed by atoms with Crippen LogP contribution in [0.3, 0.4) is 0 Å². The molecule has 7 nitrogen and oxygen atoms in total. The van der Waals surface area contributed by atoms with E-state index in [1.165, 1.54) is 4.57 Å². The molecule has 21 heavy (non-hydrogen) atoms. The second-order valence-corrected chi connectivity index (χ2v) is 4.93. The molecule has 0 aliphatic rings. The fraction of sp³-hybridized carbons (Fsp3) is 0.286. The summed E-state index contributed by atoms with van der Waals surface area (Å²) in [5, 5.41) is 7.69. The SMILES string of the molecule is CC(C)c1nc(Cn2c(-c3ccccc3)noc2=O)no1. The molecule has 0 N–H and O–H groups in total. The summed E-state index contributed by atoms with van der Waals surface area (Å²) in [5.41, 5.74) is 0.788. The fourth-order valence-corrected chi connectivity index (χ4v) is 1.91. The van der Waals surface area contributed by atoms with E-state index < -0.39 is 5.76 Å². The van der Waals surface area contributed by atoms with Gasteiger partial charge in [-0.25, -0.2) is 9.36 Å². The van der Waals surface area contributed by atoms with Crippen molar-refractivity contribution in [1.82, 2.24) is 19.9 Å². The summed E-state index contributed by atoms with van der Waals surface area (Å²) >= 11 is 0. The molecule has 0 unspecified atom stereocenters. The van der Waals surface area contributed by atoms with Crippen molar-refractivity contribution in [3.05, 3.63) is 52.6 Å². The summed E-state index contributed by atoms with van der Waals surface area (Å²) in [6.45, 7) is 4.07. The van der Waals surface area contributed by atoms with Gasteiger partial charge in [0, 0.05) is 11.5 Å². The van der Waals surface area contributed by atoms with Crippen LogP contribution in [0.2, 0.25) is 0 Å². The lowest BCUT2D eigenvalue weighted by molar-refractivity contribution is 0.357. The molecule has 0 spiro atoms. The summed E-state index contributed by atoms with van der Waals surface area (Å²) in [4.78, 5) is 16.1. The van der Waals surface area contributed by atoms with Crippen LogP contribution in [-0.2, 0) is 6.54 Å². The minimum Gasteiger partial charge on any atom is -0.339 e. The average Bonchev–Trinajstić information content (AvgIpc) is 3.09. The van der Waals surface area contributed by atoms with Crippen molar-refractivity contribution in [3.8, 4) is 11.4 Å². The molecule has 0 amide bonds. The molecule has 0 aliphatic carbocycles. The second-order valence-electron chi connectivity index (χ2n) is 4.93. The van der Waals surface area contributed by atoms with Gasteiger partial charge in [-0.1, -0.05) is 54.5 Å². The molecule has 2 aromatic heterocycles. The van der Waals surface area contributed by atoms with Crippen molar-refractivity contribution >= 4 is 0 Å². The predicted octanol–water partition coefficient (Wildman–Crippen LogP) is 2.06. The van der Waals surface area contributed by atoms with Gasteiger partial charge in [0.1, 0.15) is 0 Å². The van der Waals surface area contributed by atoms with Crippen LogP contribution in [0.25, 0.3) is 11.4 Å². The number of benzene rings is 1. The van der Waals surface area contributed by atoms with Crippen LogP contribution >= 0.6 is 0 Å². The largest absolute Gasteiger partial charge is 0.442 e. The van der Waals surface area contributed by atoms with Crippen LogP contribution in [0.15, 0.2) is 44.2 Å². The zero-order valence-corrected chi connectivity index (χ0v) is 11.7. The predicted molar refractivity (Wildman–Crippen MR) is 73.7 cm³/mol. The van der Waals surface area contributed by atoms with E-state index in [9.17, 15) is 4.79 Å². The van der Waals surface area contributed by atoms with Crippen LogP contribution < -0.4 is 5.76 Å². The van der Waals surface area contributed by atoms with Crippen LogP contribution in [0.4, 0.5) is 0 Å². The molecular weight excluding hydrogens is 272 g/mol. The van der Waals surface area contributed by atoms with Gasteiger partial charge >= 0.3 is 5.76 Å². The van der Waals surface area contributed by atoms with Gasteiger partial charge in [0.2, 0.25) is 5.89 Å². The maximum absolute atomic E-state index is 11.8. The third kappa shape index (κ3) is 2.62. The smallest absolute Gasteiger partial charge is 0.339 e. The lowest BCUT2D eigenvalue weighted by Gasteiger charge is -2.01. The van der Waals surface area contributed by atoms with E-state index >= 15 is 0 Å². The van der Waals surface area contributed by atoms with E-state index in [1.807, 2.05) is 44.2 Å².